The summed E-state index contributed by atoms with van der Waals surface area (Å²) in [6.45, 7) is -0.0821. The molecule has 1 nitrogen and oxygen atoms in total. The Kier molecular flexibility index (Phi) is 3.58. The molecule has 0 bridgehead atoms. The van der Waals surface area contributed by atoms with Gasteiger partial charge in [-0.3, -0.25) is 0 Å². The maximum atomic E-state index is 12.6. The van der Waals surface area contributed by atoms with Crippen LogP contribution in [0.5, 0.6) is 0 Å². The monoisotopic (exact) mass is 183 g/mol. The van der Waals surface area contributed by atoms with Crippen LogP contribution in [-0.2, 0) is 6.42 Å². The van der Waals surface area contributed by atoms with Crippen LogP contribution in [0.3, 0.4) is 0 Å². The second-order valence-corrected chi connectivity index (χ2v) is 2.69. The summed E-state index contributed by atoms with van der Waals surface area (Å²) in [4.78, 5) is 0. The van der Waals surface area contributed by atoms with Crippen LogP contribution >= 0.6 is 0 Å². The number of hydrogen-bond acceptors (Lipinski definition) is 1. The van der Waals surface area contributed by atoms with Crippen molar-refractivity contribution in [1.82, 2.24) is 0 Å². The highest BCUT2D eigenvalue weighted by atomic mass is 19.1. The Morgan fingerprint density at radius 3 is 2.46 bits per heavy atom. The second kappa shape index (κ2) is 4.72. The van der Waals surface area contributed by atoms with Crippen molar-refractivity contribution in [1.29, 1.82) is 0 Å². The Labute approximate surface area is 75.9 Å². The van der Waals surface area contributed by atoms with E-state index in [0.717, 1.165) is 5.56 Å². The normalized spacial score (nSPS) is 11.8. The molecule has 0 radical (unpaired) electrons. The molecule has 0 fully saturated rings. The molecule has 0 spiro atoms. The SMILES string of the molecule is NC/C(F)=C\Cc1ccc(F)cc1. The first-order valence-corrected chi connectivity index (χ1v) is 4.01. The zero-order valence-electron chi connectivity index (χ0n) is 7.13. The van der Waals surface area contributed by atoms with E-state index in [-0.39, 0.29) is 18.2 Å². The summed E-state index contributed by atoms with van der Waals surface area (Å²) in [6.07, 6.45) is 1.84. The fourth-order valence-corrected chi connectivity index (χ4v) is 0.932. The Morgan fingerprint density at radius 1 is 1.31 bits per heavy atom. The summed E-state index contributed by atoms with van der Waals surface area (Å²) >= 11 is 0. The molecule has 0 saturated heterocycles. The number of allylic oxidation sites excluding steroid dienone is 1. The standard InChI is InChI=1S/C10H11F2N/c11-9-4-1-8(2-5-9)3-6-10(12)7-13/h1-2,4-6H,3,7,13H2/b10-6+. The number of halogens is 2. The van der Waals surface area contributed by atoms with E-state index in [9.17, 15) is 8.78 Å². The second-order valence-electron chi connectivity index (χ2n) is 2.69. The third-order valence-electron chi connectivity index (χ3n) is 1.67. The van der Waals surface area contributed by atoms with E-state index in [1.165, 1.54) is 18.2 Å². The fraction of sp³-hybridized carbons (Fsp3) is 0.200. The van der Waals surface area contributed by atoms with Gasteiger partial charge in [0.15, 0.2) is 0 Å². The predicted molar refractivity (Wildman–Crippen MR) is 48.3 cm³/mol. The van der Waals surface area contributed by atoms with Crippen LogP contribution in [0.25, 0.3) is 0 Å². The summed E-state index contributed by atoms with van der Waals surface area (Å²) < 4.78 is 25.0. The molecule has 0 saturated carbocycles. The Bertz CT molecular complexity index is 290. The lowest BCUT2D eigenvalue weighted by atomic mass is 10.1. The van der Waals surface area contributed by atoms with Gasteiger partial charge in [-0.15, -0.1) is 0 Å². The molecule has 0 atom stereocenters. The highest BCUT2D eigenvalue weighted by Crippen LogP contribution is 2.05. The van der Waals surface area contributed by atoms with E-state index >= 15 is 0 Å². The van der Waals surface area contributed by atoms with E-state index in [4.69, 9.17) is 5.73 Å². The van der Waals surface area contributed by atoms with E-state index in [2.05, 4.69) is 0 Å². The van der Waals surface area contributed by atoms with Gasteiger partial charge in [-0.2, -0.15) is 0 Å². The molecule has 3 heteroatoms. The van der Waals surface area contributed by atoms with Crippen LogP contribution < -0.4 is 5.73 Å². The van der Waals surface area contributed by atoms with Gasteiger partial charge in [-0.1, -0.05) is 12.1 Å². The molecule has 70 valence electrons. The molecule has 0 heterocycles. The third kappa shape index (κ3) is 3.34. The fourth-order valence-electron chi connectivity index (χ4n) is 0.932. The predicted octanol–water partition coefficient (Wildman–Crippen LogP) is 2.18. The van der Waals surface area contributed by atoms with Crippen LogP contribution in [0.15, 0.2) is 36.2 Å². The molecule has 13 heavy (non-hydrogen) atoms. The van der Waals surface area contributed by atoms with Crippen molar-refractivity contribution >= 4 is 0 Å². The first-order valence-electron chi connectivity index (χ1n) is 4.01. The lowest BCUT2D eigenvalue weighted by molar-refractivity contribution is 0.613. The molecule has 2 N–H and O–H groups in total. The highest BCUT2D eigenvalue weighted by molar-refractivity contribution is 5.19. The van der Waals surface area contributed by atoms with Gasteiger partial charge in [-0.05, 0) is 30.2 Å². The van der Waals surface area contributed by atoms with Gasteiger partial charge in [0.2, 0.25) is 0 Å². The smallest absolute Gasteiger partial charge is 0.123 e. The number of nitrogens with two attached hydrogens (primary N) is 1. The molecule has 1 rings (SSSR count). The van der Waals surface area contributed by atoms with Gasteiger partial charge in [-0.25, -0.2) is 8.78 Å². The van der Waals surface area contributed by atoms with Crippen molar-refractivity contribution in [3.05, 3.63) is 47.5 Å². The highest BCUT2D eigenvalue weighted by Gasteiger charge is 1.93. The lowest BCUT2D eigenvalue weighted by Crippen LogP contribution is -1.99. The van der Waals surface area contributed by atoms with Crippen LogP contribution in [0.4, 0.5) is 8.78 Å². The molecule has 0 aliphatic carbocycles. The minimum Gasteiger partial charge on any atom is -0.325 e. The van der Waals surface area contributed by atoms with Crippen molar-refractivity contribution in [2.24, 2.45) is 5.73 Å². The zero-order valence-corrected chi connectivity index (χ0v) is 7.13. The Morgan fingerprint density at radius 2 is 1.92 bits per heavy atom. The number of hydrogen-bond donors (Lipinski definition) is 1. The maximum Gasteiger partial charge on any atom is 0.123 e. The summed E-state index contributed by atoms with van der Waals surface area (Å²) in [5.74, 6) is -0.628. The molecule has 0 amide bonds. The van der Waals surface area contributed by atoms with Crippen LogP contribution in [0.2, 0.25) is 0 Å². The quantitative estimate of drug-likeness (QED) is 0.763. The Balaban J connectivity index is 2.60. The van der Waals surface area contributed by atoms with Gasteiger partial charge < -0.3 is 5.73 Å². The zero-order chi connectivity index (χ0) is 9.68. The summed E-state index contributed by atoms with van der Waals surface area (Å²) in [6, 6.07) is 5.94. The molecule has 1 aromatic carbocycles. The van der Waals surface area contributed by atoms with Crippen LogP contribution in [0, 0.1) is 5.82 Å². The molecule has 0 aliphatic rings. The topological polar surface area (TPSA) is 26.0 Å². The molecule has 0 aliphatic heterocycles. The molecular formula is C10H11F2N. The molecule has 0 unspecified atom stereocenters. The molecule has 1 aromatic rings. The Hall–Kier alpha value is -1.22. The van der Waals surface area contributed by atoms with Crippen molar-refractivity contribution in [2.75, 3.05) is 6.54 Å². The van der Waals surface area contributed by atoms with Gasteiger partial charge >= 0.3 is 0 Å². The third-order valence-corrected chi connectivity index (χ3v) is 1.67. The van der Waals surface area contributed by atoms with E-state index in [1.54, 1.807) is 12.1 Å². The maximum absolute atomic E-state index is 12.6. The van der Waals surface area contributed by atoms with Gasteiger partial charge in [0.1, 0.15) is 11.6 Å². The lowest BCUT2D eigenvalue weighted by Gasteiger charge is -1.96. The van der Waals surface area contributed by atoms with Gasteiger partial charge in [0.05, 0.1) is 0 Å². The number of benzene rings is 1. The summed E-state index contributed by atoms with van der Waals surface area (Å²) in [5.41, 5.74) is 5.92. The molecule has 0 aromatic heterocycles. The average Bonchev–Trinajstić information content (AvgIpc) is 2.16. The largest absolute Gasteiger partial charge is 0.325 e. The van der Waals surface area contributed by atoms with Crippen molar-refractivity contribution < 1.29 is 8.78 Å². The minimum absolute atomic E-state index is 0.0821. The van der Waals surface area contributed by atoms with E-state index in [1.807, 2.05) is 0 Å². The van der Waals surface area contributed by atoms with E-state index in [0.29, 0.717) is 6.42 Å². The van der Waals surface area contributed by atoms with Gasteiger partial charge in [0, 0.05) is 6.54 Å². The summed E-state index contributed by atoms with van der Waals surface area (Å²) in [7, 11) is 0. The minimum atomic E-state index is -0.343. The van der Waals surface area contributed by atoms with Gasteiger partial charge in [0.25, 0.3) is 0 Å². The molecular weight excluding hydrogens is 172 g/mol. The first-order chi connectivity index (χ1) is 6.22. The van der Waals surface area contributed by atoms with Crippen molar-refractivity contribution in [3.63, 3.8) is 0 Å². The van der Waals surface area contributed by atoms with Crippen LogP contribution in [0.1, 0.15) is 5.56 Å². The van der Waals surface area contributed by atoms with Crippen LogP contribution in [-0.4, -0.2) is 6.54 Å². The van der Waals surface area contributed by atoms with Crippen molar-refractivity contribution in [3.8, 4) is 0 Å². The van der Waals surface area contributed by atoms with Crippen molar-refractivity contribution in [2.45, 2.75) is 6.42 Å². The number of rotatable bonds is 3. The van der Waals surface area contributed by atoms with E-state index < -0.39 is 0 Å². The summed E-state index contributed by atoms with van der Waals surface area (Å²) in [5, 5.41) is 0. The average molecular weight is 183 g/mol. The first kappa shape index (κ1) is 9.86.